The summed E-state index contributed by atoms with van der Waals surface area (Å²) in [6, 6.07) is 0. The number of aromatic nitrogens is 2. The van der Waals surface area contributed by atoms with Gasteiger partial charge < -0.3 is 4.57 Å². The predicted octanol–water partition coefficient (Wildman–Crippen LogP) is 2.28. The average molecular weight is 180 g/mol. The second-order valence-electron chi connectivity index (χ2n) is 3.16. The number of nitrogens with zero attached hydrogens (tertiary/aromatic N) is 2. The van der Waals surface area contributed by atoms with Crippen LogP contribution in [0.4, 0.5) is 0 Å². The third-order valence-electron chi connectivity index (χ3n) is 2.11. The van der Waals surface area contributed by atoms with Crippen molar-refractivity contribution in [3.63, 3.8) is 0 Å². The molecule has 0 radical (unpaired) electrons. The number of hydrogen-bond acceptors (Lipinski definition) is 2. The Bertz CT molecular complexity index is 255. The van der Waals surface area contributed by atoms with Crippen LogP contribution in [0.2, 0.25) is 0 Å². The second-order valence-corrected chi connectivity index (χ2v) is 3.16. The molecule has 0 spiro atoms. The Morgan fingerprint density at radius 1 is 1.46 bits per heavy atom. The van der Waals surface area contributed by atoms with Crippen molar-refractivity contribution >= 4 is 6.29 Å². The summed E-state index contributed by atoms with van der Waals surface area (Å²) >= 11 is 0. The normalized spacial score (nSPS) is 10.2. The monoisotopic (exact) mass is 180 g/mol. The molecule has 0 amide bonds. The van der Waals surface area contributed by atoms with E-state index in [-0.39, 0.29) is 0 Å². The third kappa shape index (κ3) is 3.01. The number of unbranched alkanes of at least 4 members (excludes halogenated alkanes) is 3. The lowest BCUT2D eigenvalue weighted by molar-refractivity contribution is 0.111. The first-order valence-corrected chi connectivity index (χ1v) is 4.84. The lowest BCUT2D eigenvalue weighted by atomic mass is 10.2. The van der Waals surface area contributed by atoms with E-state index in [9.17, 15) is 4.79 Å². The van der Waals surface area contributed by atoms with Crippen molar-refractivity contribution < 1.29 is 4.79 Å². The van der Waals surface area contributed by atoms with Gasteiger partial charge in [0.25, 0.3) is 0 Å². The van der Waals surface area contributed by atoms with E-state index in [1.54, 1.807) is 6.20 Å². The van der Waals surface area contributed by atoms with E-state index < -0.39 is 0 Å². The summed E-state index contributed by atoms with van der Waals surface area (Å²) < 4.78 is 1.91. The summed E-state index contributed by atoms with van der Waals surface area (Å²) in [7, 11) is 0. The van der Waals surface area contributed by atoms with Crippen LogP contribution in [0, 0.1) is 0 Å². The van der Waals surface area contributed by atoms with Crippen molar-refractivity contribution in [1.29, 1.82) is 0 Å². The molecule has 1 rings (SSSR count). The first-order valence-electron chi connectivity index (χ1n) is 4.84. The van der Waals surface area contributed by atoms with Crippen molar-refractivity contribution in [3.8, 4) is 0 Å². The Kier molecular flexibility index (Phi) is 4.23. The van der Waals surface area contributed by atoms with Crippen LogP contribution in [0.3, 0.4) is 0 Å². The van der Waals surface area contributed by atoms with Crippen molar-refractivity contribution in [1.82, 2.24) is 9.55 Å². The van der Waals surface area contributed by atoms with Crippen LogP contribution in [0.1, 0.15) is 43.2 Å². The van der Waals surface area contributed by atoms with Crippen LogP contribution in [0.5, 0.6) is 0 Å². The highest BCUT2D eigenvalue weighted by Crippen LogP contribution is 2.03. The summed E-state index contributed by atoms with van der Waals surface area (Å²) in [5.41, 5.74) is 0. The van der Waals surface area contributed by atoms with Crippen molar-refractivity contribution in [2.24, 2.45) is 0 Å². The van der Waals surface area contributed by atoms with Gasteiger partial charge in [-0.1, -0.05) is 26.2 Å². The Morgan fingerprint density at radius 2 is 2.31 bits per heavy atom. The molecule has 0 fully saturated rings. The Balaban J connectivity index is 2.31. The van der Waals surface area contributed by atoms with Crippen LogP contribution in [-0.4, -0.2) is 15.8 Å². The molecular weight excluding hydrogens is 164 g/mol. The molecule has 0 aromatic carbocycles. The first kappa shape index (κ1) is 9.96. The van der Waals surface area contributed by atoms with Crippen LogP contribution in [-0.2, 0) is 6.54 Å². The molecule has 3 nitrogen and oxygen atoms in total. The minimum absolute atomic E-state index is 0.538. The van der Waals surface area contributed by atoms with Gasteiger partial charge in [-0.25, -0.2) is 4.98 Å². The molecule has 0 bridgehead atoms. The number of aryl methyl sites for hydroxylation is 1. The summed E-state index contributed by atoms with van der Waals surface area (Å²) in [5.74, 6) is 0.538. The van der Waals surface area contributed by atoms with Gasteiger partial charge in [0, 0.05) is 18.9 Å². The highest BCUT2D eigenvalue weighted by atomic mass is 16.1. The zero-order valence-corrected chi connectivity index (χ0v) is 8.07. The molecule has 0 unspecified atom stereocenters. The molecule has 0 saturated carbocycles. The lowest BCUT2D eigenvalue weighted by Crippen LogP contribution is -2.01. The minimum atomic E-state index is 0.538. The van der Waals surface area contributed by atoms with Crippen LogP contribution >= 0.6 is 0 Å². The zero-order valence-electron chi connectivity index (χ0n) is 8.07. The van der Waals surface area contributed by atoms with Crippen LogP contribution < -0.4 is 0 Å². The fourth-order valence-electron chi connectivity index (χ4n) is 1.34. The largest absolute Gasteiger partial charge is 0.329 e. The fraction of sp³-hybridized carbons (Fsp3) is 0.600. The molecule has 0 N–H and O–H groups in total. The van der Waals surface area contributed by atoms with Gasteiger partial charge in [0.2, 0.25) is 0 Å². The zero-order chi connectivity index (χ0) is 9.52. The predicted molar refractivity (Wildman–Crippen MR) is 51.8 cm³/mol. The second kappa shape index (κ2) is 5.51. The topological polar surface area (TPSA) is 34.9 Å². The Labute approximate surface area is 78.8 Å². The van der Waals surface area contributed by atoms with Gasteiger partial charge in [-0.2, -0.15) is 0 Å². The van der Waals surface area contributed by atoms with E-state index in [2.05, 4.69) is 11.9 Å². The standard InChI is InChI=1S/C10H16N2O/c1-2-3-4-5-7-12-8-6-11-10(12)9-13/h6,8-9H,2-5,7H2,1H3. The van der Waals surface area contributed by atoms with Gasteiger partial charge in [-0.3, -0.25) is 4.79 Å². The number of hydrogen-bond donors (Lipinski definition) is 0. The molecule has 13 heavy (non-hydrogen) atoms. The van der Waals surface area contributed by atoms with E-state index in [4.69, 9.17) is 0 Å². The van der Waals surface area contributed by atoms with Gasteiger partial charge in [0.05, 0.1) is 0 Å². The molecule has 1 aromatic rings. The lowest BCUT2D eigenvalue weighted by Gasteiger charge is -2.02. The summed E-state index contributed by atoms with van der Waals surface area (Å²) in [6.07, 6.45) is 9.20. The highest BCUT2D eigenvalue weighted by molar-refractivity contribution is 5.69. The summed E-state index contributed by atoms with van der Waals surface area (Å²) in [4.78, 5) is 14.4. The van der Waals surface area contributed by atoms with Crippen molar-refractivity contribution in [2.75, 3.05) is 0 Å². The number of rotatable bonds is 6. The number of carbonyl (C=O) groups excluding carboxylic acids is 1. The van der Waals surface area contributed by atoms with E-state index in [1.807, 2.05) is 10.8 Å². The van der Waals surface area contributed by atoms with E-state index in [0.29, 0.717) is 5.82 Å². The van der Waals surface area contributed by atoms with Gasteiger partial charge in [-0.05, 0) is 6.42 Å². The van der Waals surface area contributed by atoms with E-state index >= 15 is 0 Å². The molecule has 72 valence electrons. The number of carbonyl (C=O) groups is 1. The van der Waals surface area contributed by atoms with Gasteiger partial charge in [-0.15, -0.1) is 0 Å². The summed E-state index contributed by atoms with van der Waals surface area (Å²) in [6.45, 7) is 3.10. The Hall–Kier alpha value is -1.12. The maximum Gasteiger partial charge on any atom is 0.185 e. The SMILES string of the molecule is CCCCCCn1ccnc1C=O. The first-order chi connectivity index (χ1) is 6.38. The van der Waals surface area contributed by atoms with Crippen molar-refractivity contribution in [2.45, 2.75) is 39.2 Å². The molecule has 1 heterocycles. The van der Waals surface area contributed by atoms with Gasteiger partial charge in [0.1, 0.15) is 0 Å². The summed E-state index contributed by atoms with van der Waals surface area (Å²) in [5, 5.41) is 0. The molecule has 0 aliphatic heterocycles. The smallest absolute Gasteiger partial charge is 0.185 e. The molecule has 0 atom stereocenters. The number of aldehydes is 1. The third-order valence-corrected chi connectivity index (χ3v) is 2.11. The highest BCUT2D eigenvalue weighted by Gasteiger charge is 1.99. The van der Waals surface area contributed by atoms with E-state index in [0.717, 1.165) is 19.3 Å². The molecular formula is C10H16N2O. The van der Waals surface area contributed by atoms with Gasteiger partial charge in [0.15, 0.2) is 12.1 Å². The molecule has 0 saturated heterocycles. The molecule has 1 aromatic heterocycles. The van der Waals surface area contributed by atoms with Gasteiger partial charge >= 0.3 is 0 Å². The average Bonchev–Trinajstić information content (AvgIpc) is 2.60. The maximum absolute atomic E-state index is 10.5. The van der Waals surface area contributed by atoms with Crippen LogP contribution in [0.25, 0.3) is 0 Å². The molecule has 0 aliphatic rings. The van der Waals surface area contributed by atoms with E-state index in [1.165, 1.54) is 19.3 Å². The quantitative estimate of drug-likeness (QED) is 0.497. The fourth-order valence-corrected chi connectivity index (χ4v) is 1.34. The van der Waals surface area contributed by atoms with Crippen LogP contribution in [0.15, 0.2) is 12.4 Å². The maximum atomic E-state index is 10.5. The number of imidazole rings is 1. The van der Waals surface area contributed by atoms with Crippen molar-refractivity contribution in [3.05, 3.63) is 18.2 Å². The molecule has 0 aliphatic carbocycles. The minimum Gasteiger partial charge on any atom is -0.329 e. The molecule has 3 heteroatoms. The Morgan fingerprint density at radius 3 is 3.00 bits per heavy atom.